The lowest BCUT2D eigenvalue weighted by atomic mass is 10.2. The molecule has 1 amide bonds. The van der Waals surface area contributed by atoms with Gasteiger partial charge in [-0.1, -0.05) is 0 Å². The van der Waals surface area contributed by atoms with Crippen molar-refractivity contribution in [2.75, 3.05) is 13.2 Å². The van der Waals surface area contributed by atoms with Gasteiger partial charge in [0.15, 0.2) is 0 Å². The third-order valence-corrected chi connectivity index (χ3v) is 1.59. The number of aliphatic carboxylic acids is 1. The molecular formula is C11H21NO5. The lowest BCUT2D eigenvalue weighted by Crippen LogP contribution is -2.39. The molecule has 2 N–H and O–H groups in total. The zero-order chi connectivity index (χ0) is 13.5. The van der Waals surface area contributed by atoms with E-state index in [9.17, 15) is 9.59 Å². The molecule has 0 rings (SSSR count). The summed E-state index contributed by atoms with van der Waals surface area (Å²) in [5.74, 6) is -0.905. The van der Waals surface area contributed by atoms with Crippen molar-refractivity contribution < 1.29 is 24.2 Å². The number of nitrogens with one attached hydrogen (secondary N) is 1. The van der Waals surface area contributed by atoms with E-state index in [1.165, 1.54) is 0 Å². The van der Waals surface area contributed by atoms with E-state index in [4.69, 9.17) is 14.6 Å². The minimum Gasteiger partial charge on any atom is -0.481 e. The van der Waals surface area contributed by atoms with E-state index in [0.717, 1.165) is 0 Å². The number of alkyl carbamates (subject to hydrolysis) is 1. The van der Waals surface area contributed by atoms with Crippen molar-refractivity contribution in [3.63, 3.8) is 0 Å². The Morgan fingerprint density at radius 1 is 1.35 bits per heavy atom. The van der Waals surface area contributed by atoms with E-state index in [2.05, 4.69) is 5.32 Å². The molecule has 0 aliphatic rings. The second-order valence-electron chi connectivity index (χ2n) is 4.77. The molecular weight excluding hydrogens is 226 g/mol. The van der Waals surface area contributed by atoms with Crippen LogP contribution in [0.1, 0.15) is 34.1 Å². The highest BCUT2D eigenvalue weighted by atomic mass is 16.6. The van der Waals surface area contributed by atoms with Crippen LogP contribution >= 0.6 is 0 Å². The normalized spacial score (nSPS) is 12.9. The number of rotatable bonds is 6. The predicted molar refractivity (Wildman–Crippen MR) is 61.9 cm³/mol. The molecule has 0 aliphatic carbocycles. The first-order valence-corrected chi connectivity index (χ1v) is 5.50. The van der Waals surface area contributed by atoms with Crippen molar-refractivity contribution in [2.45, 2.75) is 45.8 Å². The number of carbonyl (C=O) groups excluding carboxylic acids is 1. The average Bonchev–Trinajstić information content (AvgIpc) is 2.08. The van der Waals surface area contributed by atoms with Gasteiger partial charge in [0.25, 0.3) is 0 Å². The summed E-state index contributed by atoms with van der Waals surface area (Å²) >= 11 is 0. The monoisotopic (exact) mass is 247 g/mol. The van der Waals surface area contributed by atoms with Crippen molar-refractivity contribution in [1.82, 2.24) is 5.32 Å². The van der Waals surface area contributed by atoms with Gasteiger partial charge in [-0.25, -0.2) is 4.79 Å². The van der Waals surface area contributed by atoms with Crippen LogP contribution in [0, 0.1) is 0 Å². The van der Waals surface area contributed by atoms with Crippen LogP contribution < -0.4 is 5.32 Å². The second-order valence-corrected chi connectivity index (χ2v) is 4.77. The van der Waals surface area contributed by atoms with Crippen LogP contribution in [0.3, 0.4) is 0 Å². The molecule has 0 spiro atoms. The molecule has 0 bridgehead atoms. The van der Waals surface area contributed by atoms with Crippen LogP contribution in [0.2, 0.25) is 0 Å². The predicted octanol–water partition coefficient (Wildman–Crippen LogP) is 1.39. The fourth-order valence-electron chi connectivity index (χ4n) is 0.970. The third-order valence-electron chi connectivity index (χ3n) is 1.59. The summed E-state index contributed by atoms with van der Waals surface area (Å²) in [4.78, 5) is 21.5. The second kappa shape index (κ2) is 7.11. The zero-order valence-electron chi connectivity index (χ0n) is 10.8. The number of carbonyl (C=O) groups is 2. The fraction of sp³-hybridized carbons (Fsp3) is 0.818. The number of carboxylic acid groups (broad SMARTS) is 1. The van der Waals surface area contributed by atoms with Gasteiger partial charge in [0, 0.05) is 0 Å². The number of hydrogen-bond acceptors (Lipinski definition) is 4. The van der Waals surface area contributed by atoms with Crippen LogP contribution in [-0.2, 0) is 14.3 Å². The molecule has 0 aromatic rings. The quantitative estimate of drug-likeness (QED) is 0.693. The van der Waals surface area contributed by atoms with E-state index in [0.29, 0.717) is 0 Å². The van der Waals surface area contributed by atoms with Gasteiger partial charge in [-0.05, 0) is 27.7 Å². The summed E-state index contributed by atoms with van der Waals surface area (Å²) in [5.41, 5.74) is -0.534. The first kappa shape index (κ1) is 15.7. The zero-order valence-corrected chi connectivity index (χ0v) is 10.8. The van der Waals surface area contributed by atoms with Crippen molar-refractivity contribution in [2.24, 2.45) is 0 Å². The Morgan fingerprint density at radius 2 is 1.94 bits per heavy atom. The van der Waals surface area contributed by atoms with Crippen molar-refractivity contribution in [3.05, 3.63) is 0 Å². The van der Waals surface area contributed by atoms with Crippen molar-refractivity contribution in [1.29, 1.82) is 0 Å². The topological polar surface area (TPSA) is 84.9 Å². The maximum absolute atomic E-state index is 11.3. The van der Waals surface area contributed by atoms with E-state index in [-0.39, 0.29) is 25.7 Å². The molecule has 0 aromatic heterocycles. The summed E-state index contributed by atoms with van der Waals surface area (Å²) in [6.07, 6.45) is -0.550. The first-order chi connectivity index (χ1) is 7.70. The summed E-state index contributed by atoms with van der Waals surface area (Å²) in [5, 5.41) is 11.0. The van der Waals surface area contributed by atoms with Crippen LogP contribution in [0.4, 0.5) is 4.79 Å². The lowest BCUT2D eigenvalue weighted by Gasteiger charge is -2.21. The molecule has 1 atom stereocenters. The number of carboxylic acids is 1. The minimum atomic E-state index is -0.905. The SMILES string of the molecule is CC(COCCC(=O)O)NC(=O)OC(C)(C)C. The molecule has 1 unspecified atom stereocenters. The van der Waals surface area contributed by atoms with Crippen LogP contribution in [-0.4, -0.2) is 42.0 Å². The highest BCUT2D eigenvalue weighted by molar-refractivity contribution is 5.68. The Hall–Kier alpha value is -1.30. The number of ether oxygens (including phenoxy) is 2. The number of hydrogen-bond donors (Lipinski definition) is 2. The average molecular weight is 247 g/mol. The Balaban J connectivity index is 3.68. The largest absolute Gasteiger partial charge is 0.481 e. The molecule has 0 saturated carbocycles. The maximum Gasteiger partial charge on any atom is 0.407 e. The van der Waals surface area contributed by atoms with Gasteiger partial charge < -0.3 is 19.9 Å². The summed E-state index contributed by atoms with van der Waals surface area (Å²) in [6.45, 7) is 7.48. The van der Waals surface area contributed by atoms with Gasteiger partial charge in [-0.3, -0.25) is 4.79 Å². The molecule has 0 fully saturated rings. The smallest absolute Gasteiger partial charge is 0.407 e. The highest BCUT2D eigenvalue weighted by Crippen LogP contribution is 2.06. The molecule has 6 heteroatoms. The maximum atomic E-state index is 11.3. The summed E-state index contributed by atoms with van der Waals surface area (Å²) < 4.78 is 10.1. The highest BCUT2D eigenvalue weighted by Gasteiger charge is 2.17. The van der Waals surface area contributed by atoms with E-state index in [1.54, 1.807) is 27.7 Å². The number of amides is 1. The van der Waals surface area contributed by atoms with Gasteiger partial charge in [0.2, 0.25) is 0 Å². The van der Waals surface area contributed by atoms with Crippen molar-refractivity contribution >= 4 is 12.1 Å². The first-order valence-electron chi connectivity index (χ1n) is 5.50. The fourth-order valence-corrected chi connectivity index (χ4v) is 0.970. The van der Waals surface area contributed by atoms with Gasteiger partial charge in [-0.2, -0.15) is 0 Å². The molecule has 6 nitrogen and oxygen atoms in total. The Bertz CT molecular complexity index is 259. The molecule has 0 heterocycles. The van der Waals surface area contributed by atoms with Gasteiger partial charge in [0.05, 0.1) is 25.7 Å². The van der Waals surface area contributed by atoms with E-state index in [1.807, 2.05) is 0 Å². The molecule has 0 saturated heterocycles. The third kappa shape index (κ3) is 11.0. The summed E-state index contributed by atoms with van der Waals surface area (Å²) in [6, 6.07) is -0.223. The molecule has 0 radical (unpaired) electrons. The molecule has 0 aromatic carbocycles. The standard InChI is InChI=1S/C11H21NO5/c1-8(7-16-6-5-9(13)14)12-10(15)17-11(2,3)4/h8H,5-7H2,1-4H3,(H,12,15)(H,13,14). The minimum absolute atomic E-state index is 0.0425. The molecule has 0 aliphatic heterocycles. The van der Waals surface area contributed by atoms with Crippen LogP contribution in [0.25, 0.3) is 0 Å². The van der Waals surface area contributed by atoms with E-state index < -0.39 is 17.7 Å². The van der Waals surface area contributed by atoms with Gasteiger partial charge >= 0.3 is 12.1 Å². The van der Waals surface area contributed by atoms with Gasteiger partial charge in [-0.15, -0.1) is 0 Å². The Kier molecular flexibility index (Phi) is 6.57. The van der Waals surface area contributed by atoms with Crippen molar-refractivity contribution in [3.8, 4) is 0 Å². The Morgan fingerprint density at radius 3 is 2.41 bits per heavy atom. The molecule has 17 heavy (non-hydrogen) atoms. The molecule has 100 valence electrons. The van der Waals surface area contributed by atoms with Crippen LogP contribution in [0.15, 0.2) is 0 Å². The summed E-state index contributed by atoms with van der Waals surface area (Å²) in [7, 11) is 0. The van der Waals surface area contributed by atoms with Gasteiger partial charge in [0.1, 0.15) is 5.60 Å². The lowest BCUT2D eigenvalue weighted by molar-refractivity contribution is -0.138. The van der Waals surface area contributed by atoms with E-state index >= 15 is 0 Å². The Labute approximate surface area is 101 Å². The van der Waals surface area contributed by atoms with Crippen LogP contribution in [0.5, 0.6) is 0 Å².